The highest BCUT2D eigenvalue weighted by molar-refractivity contribution is 5.85. The first-order valence-corrected chi connectivity index (χ1v) is 7.46. The third-order valence-corrected chi connectivity index (χ3v) is 4.73. The molecule has 0 spiro atoms. The molecule has 3 aliphatic rings. The van der Waals surface area contributed by atoms with Crippen molar-refractivity contribution in [3.05, 3.63) is 0 Å². The molecule has 0 bridgehead atoms. The van der Waals surface area contributed by atoms with E-state index >= 15 is 0 Å². The third kappa shape index (κ3) is 2.57. The van der Waals surface area contributed by atoms with Gasteiger partial charge in [-0.15, -0.1) is 0 Å². The fourth-order valence-electron chi connectivity index (χ4n) is 3.52. The van der Waals surface area contributed by atoms with Crippen LogP contribution in [0.4, 0.5) is 0 Å². The zero-order valence-corrected chi connectivity index (χ0v) is 11.6. The summed E-state index contributed by atoms with van der Waals surface area (Å²) in [5.74, 6) is 0.533. The van der Waals surface area contributed by atoms with Crippen LogP contribution in [-0.4, -0.2) is 66.2 Å². The first-order chi connectivity index (χ1) is 9.65. The molecule has 0 aromatic heterocycles. The third-order valence-electron chi connectivity index (χ3n) is 4.73. The topological polar surface area (TPSA) is 69.7 Å². The van der Waals surface area contributed by atoms with E-state index in [1.54, 1.807) is 4.90 Å². The Labute approximate surface area is 118 Å². The van der Waals surface area contributed by atoms with Crippen molar-refractivity contribution in [2.75, 3.05) is 32.7 Å². The molecule has 0 aromatic rings. The molecule has 3 rings (SSSR count). The lowest BCUT2D eigenvalue weighted by molar-refractivity contribution is -0.137. The number of carbonyl (C=O) groups is 3. The SMILES string of the molecule is O=C1CCN(C(=O)CN2CCCC3C(=O)NCC32)CC1. The van der Waals surface area contributed by atoms with Crippen LogP contribution >= 0.6 is 0 Å². The number of nitrogens with zero attached hydrogens (tertiary/aromatic N) is 2. The molecule has 3 heterocycles. The first-order valence-electron chi connectivity index (χ1n) is 7.46. The molecular formula is C14H21N3O3. The fraction of sp³-hybridized carbons (Fsp3) is 0.786. The van der Waals surface area contributed by atoms with E-state index in [2.05, 4.69) is 10.2 Å². The van der Waals surface area contributed by atoms with Gasteiger partial charge in [0.2, 0.25) is 11.8 Å². The largest absolute Gasteiger partial charge is 0.354 e. The van der Waals surface area contributed by atoms with Crippen molar-refractivity contribution in [2.24, 2.45) is 5.92 Å². The van der Waals surface area contributed by atoms with E-state index in [4.69, 9.17) is 0 Å². The van der Waals surface area contributed by atoms with Gasteiger partial charge < -0.3 is 10.2 Å². The molecule has 0 saturated carbocycles. The molecule has 0 aliphatic carbocycles. The number of Topliss-reactive ketones (excluding diaryl/α,β-unsaturated/α-hetero) is 1. The second-order valence-corrected chi connectivity index (χ2v) is 5.95. The number of ketones is 1. The van der Waals surface area contributed by atoms with Gasteiger partial charge in [-0.3, -0.25) is 19.3 Å². The number of carbonyl (C=O) groups excluding carboxylic acids is 3. The molecular weight excluding hydrogens is 258 g/mol. The minimum Gasteiger partial charge on any atom is -0.354 e. The molecule has 3 fully saturated rings. The Balaban J connectivity index is 1.58. The van der Waals surface area contributed by atoms with Gasteiger partial charge in [0.25, 0.3) is 0 Å². The Bertz CT molecular complexity index is 427. The van der Waals surface area contributed by atoms with Crippen molar-refractivity contribution in [3.63, 3.8) is 0 Å². The van der Waals surface area contributed by atoms with Crippen molar-refractivity contribution in [1.82, 2.24) is 15.1 Å². The predicted octanol–water partition coefficient (Wildman–Crippen LogP) is -0.612. The van der Waals surface area contributed by atoms with Gasteiger partial charge in [0.15, 0.2) is 0 Å². The number of amides is 2. The van der Waals surface area contributed by atoms with Gasteiger partial charge in [0.05, 0.1) is 12.5 Å². The highest BCUT2D eigenvalue weighted by Gasteiger charge is 2.41. The predicted molar refractivity (Wildman–Crippen MR) is 71.9 cm³/mol. The van der Waals surface area contributed by atoms with Gasteiger partial charge in [-0.25, -0.2) is 0 Å². The van der Waals surface area contributed by atoms with Crippen LogP contribution in [0.1, 0.15) is 25.7 Å². The van der Waals surface area contributed by atoms with E-state index in [9.17, 15) is 14.4 Å². The zero-order valence-electron chi connectivity index (χ0n) is 11.6. The number of hydrogen-bond acceptors (Lipinski definition) is 4. The number of rotatable bonds is 2. The summed E-state index contributed by atoms with van der Waals surface area (Å²) < 4.78 is 0. The molecule has 3 aliphatic heterocycles. The zero-order chi connectivity index (χ0) is 14.1. The Kier molecular flexibility index (Phi) is 3.74. The van der Waals surface area contributed by atoms with Gasteiger partial charge in [0, 0.05) is 38.5 Å². The van der Waals surface area contributed by atoms with E-state index in [0.29, 0.717) is 39.0 Å². The molecule has 3 saturated heterocycles. The lowest BCUT2D eigenvalue weighted by Crippen LogP contribution is -2.51. The van der Waals surface area contributed by atoms with Crippen molar-refractivity contribution in [1.29, 1.82) is 0 Å². The average Bonchev–Trinajstić information content (AvgIpc) is 2.82. The second kappa shape index (κ2) is 5.52. The number of nitrogens with one attached hydrogen (secondary N) is 1. The quantitative estimate of drug-likeness (QED) is 0.732. The number of fused-ring (bicyclic) bond motifs is 1. The maximum atomic E-state index is 12.3. The summed E-state index contributed by atoms with van der Waals surface area (Å²) in [4.78, 5) is 39.2. The van der Waals surface area contributed by atoms with Crippen LogP contribution < -0.4 is 5.32 Å². The van der Waals surface area contributed by atoms with E-state index in [1.165, 1.54) is 0 Å². The van der Waals surface area contributed by atoms with Crippen LogP contribution in [0.3, 0.4) is 0 Å². The highest BCUT2D eigenvalue weighted by Crippen LogP contribution is 2.27. The molecule has 0 aromatic carbocycles. The van der Waals surface area contributed by atoms with Gasteiger partial charge in [-0.2, -0.15) is 0 Å². The summed E-state index contributed by atoms with van der Waals surface area (Å²) >= 11 is 0. The van der Waals surface area contributed by atoms with Gasteiger partial charge in [-0.05, 0) is 19.4 Å². The van der Waals surface area contributed by atoms with Crippen LogP contribution in [0.5, 0.6) is 0 Å². The Morgan fingerprint density at radius 2 is 1.95 bits per heavy atom. The Morgan fingerprint density at radius 3 is 2.70 bits per heavy atom. The minimum absolute atomic E-state index is 0.0551. The second-order valence-electron chi connectivity index (χ2n) is 5.95. The molecule has 20 heavy (non-hydrogen) atoms. The molecule has 1 N–H and O–H groups in total. The Hall–Kier alpha value is -1.43. The Morgan fingerprint density at radius 1 is 1.20 bits per heavy atom. The number of hydrogen-bond donors (Lipinski definition) is 1. The first kappa shape index (κ1) is 13.5. The molecule has 0 radical (unpaired) electrons. The van der Waals surface area contributed by atoms with Crippen LogP contribution in [0.2, 0.25) is 0 Å². The van der Waals surface area contributed by atoms with Crippen LogP contribution in [-0.2, 0) is 14.4 Å². The standard InChI is InChI=1S/C14H21N3O3/c18-10-3-6-16(7-4-10)13(19)9-17-5-1-2-11-12(17)8-15-14(11)20/h11-12H,1-9H2,(H,15,20). The maximum absolute atomic E-state index is 12.3. The monoisotopic (exact) mass is 279 g/mol. The minimum atomic E-state index is 0.0551. The number of piperidine rings is 2. The van der Waals surface area contributed by atoms with Crippen LogP contribution in [0.25, 0.3) is 0 Å². The molecule has 6 heteroatoms. The van der Waals surface area contributed by atoms with Crippen molar-refractivity contribution in [2.45, 2.75) is 31.7 Å². The van der Waals surface area contributed by atoms with Gasteiger partial charge >= 0.3 is 0 Å². The lowest BCUT2D eigenvalue weighted by atomic mass is 9.91. The van der Waals surface area contributed by atoms with Crippen LogP contribution in [0, 0.1) is 5.92 Å². The summed E-state index contributed by atoms with van der Waals surface area (Å²) in [5, 5.41) is 2.90. The summed E-state index contributed by atoms with van der Waals surface area (Å²) in [7, 11) is 0. The molecule has 6 nitrogen and oxygen atoms in total. The summed E-state index contributed by atoms with van der Waals surface area (Å²) in [6.45, 7) is 3.03. The normalized spacial score (nSPS) is 31.1. The van der Waals surface area contributed by atoms with E-state index in [-0.39, 0.29) is 29.6 Å². The average molecular weight is 279 g/mol. The van der Waals surface area contributed by atoms with E-state index in [0.717, 1.165) is 19.4 Å². The maximum Gasteiger partial charge on any atom is 0.236 e. The van der Waals surface area contributed by atoms with E-state index in [1.807, 2.05) is 0 Å². The molecule has 110 valence electrons. The lowest BCUT2D eigenvalue weighted by Gasteiger charge is -2.37. The summed E-state index contributed by atoms with van der Waals surface area (Å²) in [6.07, 6.45) is 2.87. The van der Waals surface area contributed by atoms with Crippen molar-refractivity contribution in [3.8, 4) is 0 Å². The molecule has 2 unspecified atom stereocenters. The number of likely N-dealkylation sites (tertiary alicyclic amines) is 2. The molecule has 2 atom stereocenters. The smallest absolute Gasteiger partial charge is 0.236 e. The van der Waals surface area contributed by atoms with Crippen molar-refractivity contribution >= 4 is 17.6 Å². The highest BCUT2D eigenvalue weighted by atomic mass is 16.2. The van der Waals surface area contributed by atoms with Crippen LogP contribution in [0.15, 0.2) is 0 Å². The molecule has 2 amide bonds. The van der Waals surface area contributed by atoms with Gasteiger partial charge in [0.1, 0.15) is 5.78 Å². The fourth-order valence-corrected chi connectivity index (χ4v) is 3.52. The van der Waals surface area contributed by atoms with E-state index < -0.39 is 0 Å². The summed E-state index contributed by atoms with van der Waals surface area (Å²) in [6, 6.07) is 0.173. The van der Waals surface area contributed by atoms with Gasteiger partial charge in [-0.1, -0.05) is 0 Å². The summed E-state index contributed by atoms with van der Waals surface area (Å²) in [5.41, 5.74) is 0. The van der Waals surface area contributed by atoms with Crippen molar-refractivity contribution < 1.29 is 14.4 Å².